The summed E-state index contributed by atoms with van der Waals surface area (Å²) >= 11 is 0. The smallest absolute Gasteiger partial charge is 0.228 e. The highest BCUT2D eigenvalue weighted by atomic mass is 16.5. The second kappa shape index (κ2) is 6.02. The highest BCUT2D eigenvalue weighted by Gasteiger charge is 2.39. The van der Waals surface area contributed by atoms with Crippen LogP contribution in [-0.4, -0.2) is 50.2 Å². The van der Waals surface area contributed by atoms with E-state index in [0.29, 0.717) is 18.4 Å². The van der Waals surface area contributed by atoms with E-state index in [1.807, 2.05) is 4.90 Å². The van der Waals surface area contributed by atoms with E-state index in [9.17, 15) is 4.79 Å². The largest absolute Gasteiger partial charge is 0.380 e. The molecule has 2 aliphatic heterocycles. The van der Waals surface area contributed by atoms with Gasteiger partial charge in [-0.05, 0) is 38.3 Å². The molecule has 0 aromatic carbocycles. The Hall–Kier alpha value is -0.610. The molecule has 2 heterocycles. The van der Waals surface area contributed by atoms with Gasteiger partial charge in [-0.25, -0.2) is 0 Å². The number of nitrogens with one attached hydrogen (secondary N) is 1. The van der Waals surface area contributed by atoms with Crippen LogP contribution in [0.1, 0.15) is 33.1 Å². The van der Waals surface area contributed by atoms with E-state index < -0.39 is 0 Å². The summed E-state index contributed by atoms with van der Waals surface area (Å²) in [5.74, 6) is 0.768. The second-order valence-electron chi connectivity index (χ2n) is 6.02. The molecule has 0 bridgehead atoms. The lowest BCUT2D eigenvalue weighted by atomic mass is 9.74. The van der Waals surface area contributed by atoms with Crippen molar-refractivity contribution < 1.29 is 9.53 Å². The van der Waals surface area contributed by atoms with Gasteiger partial charge in [-0.15, -0.1) is 0 Å². The Balaban J connectivity index is 2.00. The van der Waals surface area contributed by atoms with Gasteiger partial charge in [0.1, 0.15) is 0 Å². The third kappa shape index (κ3) is 3.04. The molecule has 0 spiro atoms. The van der Waals surface area contributed by atoms with Crippen LogP contribution in [0.4, 0.5) is 0 Å². The summed E-state index contributed by atoms with van der Waals surface area (Å²) in [5, 5.41) is 3.42. The lowest BCUT2D eigenvalue weighted by molar-refractivity contribution is -0.143. The van der Waals surface area contributed by atoms with E-state index in [1.165, 1.54) is 6.42 Å². The molecular formula is C14H26N2O2. The van der Waals surface area contributed by atoms with Gasteiger partial charge in [-0.1, -0.05) is 13.8 Å². The molecule has 0 aromatic heterocycles. The number of ether oxygens (including phenoxy) is 1. The number of amides is 1. The van der Waals surface area contributed by atoms with E-state index in [-0.39, 0.29) is 5.41 Å². The predicted molar refractivity (Wildman–Crippen MR) is 71.4 cm³/mol. The number of carbonyl (C=O) groups is 1. The fourth-order valence-electron chi connectivity index (χ4n) is 3.00. The van der Waals surface area contributed by atoms with Crippen molar-refractivity contribution >= 4 is 5.91 Å². The first-order valence-corrected chi connectivity index (χ1v) is 7.20. The fourth-order valence-corrected chi connectivity index (χ4v) is 3.00. The molecule has 0 aromatic rings. The highest BCUT2D eigenvalue weighted by molar-refractivity contribution is 5.82. The summed E-state index contributed by atoms with van der Waals surface area (Å²) in [6.07, 6.45) is 3.31. The molecule has 18 heavy (non-hydrogen) atoms. The topological polar surface area (TPSA) is 41.6 Å². The number of piperidine rings is 1. The first kappa shape index (κ1) is 13.8. The Kier molecular flexibility index (Phi) is 4.62. The summed E-state index contributed by atoms with van der Waals surface area (Å²) in [7, 11) is 0. The first-order chi connectivity index (χ1) is 8.62. The minimum atomic E-state index is -0.252. The number of carbonyl (C=O) groups excluding carboxylic acids is 1. The van der Waals surface area contributed by atoms with Crippen LogP contribution in [0.2, 0.25) is 0 Å². The fraction of sp³-hybridized carbons (Fsp3) is 0.929. The van der Waals surface area contributed by atoms with Crippen molar-refractivity contribution in [2.75, 3.05) is 39.4 Å². The molecule has 2 fully saturated rings. The van der Waals surface area contributed by atoms with Crippen molar-refractivity contribution in [1.29, 1.82) is 0 Å². The van der Waals surface area contributed by atoms with Gasteiger partial charge in [0.2, 0.25) is 5.91 Å². The Morgan fingerprint density at radius 2 is 2.11 bits per heavy atom. The number of nitrogens with zero attached hydrogens (tertiary/aromatic N) is 1. The highest BCUT2D eigenvalue weighted by Crippen LogP contribution is 2.33. The zero-order valence-electron chi connectivity index (χ0n) is 11.7. The van der Waals surface area contributed by atoms with E-state index in [1.54, 1.807) is 0 Å². The lowest BCUT2D eigenvalue weighted by Gasteiger charge is -2.39. The maximum absolute atomic E-state index is 12.7. The van der Waals surface area contributed by atoms with E-state index >= 15 is 0 Å². The van der Waals surface area contributed by atoms with E-state index in [2.05, 4.69) is 19.2 Å². The Labute approximate surface area is 110 Å². The molecule has 4 heteroatoms. The van der Waals surface area contributed by atoms with Gasteiger partial charge in [0.25, 0.3) is 0 Å². The van der Waals surface area contributed by atoms with Gasteiger partial charge in [0.15, 0.2) is 0 Å². The third-order valence-electron chi connectivity index (χ3n) is 4.38. The zero-order chi connectivity index (χ0) is 13.0. The quantitative estimate of drug-likeness (QED) is 0.806. The molecule has 4 nitrogen and oxygen atoms in total. The van der Waals surface area contributed by atoms with Crippen LogP contribution in [0, 0.1) is 11.3 Å². The van der Waals surface area contributed by atoms with E-state index in [0.717, 1.165) is 45.6 Å². The molecular weight excluding hydrogens is 228 g/mol. The van der Waals surface area contributed by atoms with Crippen LogP contribution in [-0.2, 0) is 9.53 Å². The van der Waals surface area contributed by atoms with Crippen molar-refractivity contribution in [2.24, 2.45) is 11.3 Å². The van der Waals surface area contributed by atoms with E-state index in [4.69, 9.17) is 4.74 Å². The Bertz CT molecular complexity index is 278. The van der Waals surface area contributed by atoms with Gasteiger partial charge in [-0.2, -0.15) is 0 Å². The van der Waals surface area contributed by atoms with Crippen molar-refractivity contribution in [1.82, 2.24) is 10.2 Å². The Morgan fingerprint density at radius 1 is 1.28 bits per heavy atom. The van der Waals surface area contributed by atoms with Crippen LogP contribution in [0.5, 0.6) is 0 Å². The molecule has 0 saturated carbocycles. The molecule has 1 unspecified atom stereocenters. The summed E-state index contributed by atoms with van der Waals surface area (Å²) in [6.45, 7) is 9.36. The van der Waals surface area contributed by atoms with Crippen LogP contribution in [0.3, 0.4) is 0 Å². The lowest BCUT2D eigenvalue weighted by Crippen LogP contribution is -2.49. The first-order valence-electron chi connectivity index (χ1n) is 7.20. The summed E-state index contributed by atoms with van der Waals surface area (Å²) in [5.41, 5.74) is -0.252. The summed E-state index contributed by atoms with van der Waals surface area (Å²) < 4.78 is 5.43. The maximum Gasteiger partial charge on any atom is 0.228 e. The molecule has 2 rings (SSSR count). The number of hydrogen-bond donors (Lipinski definition) is 1. The van der Waals surface area contributed by atoms with Crippen molar-refractivity contribution in [3.05, 3.63) is 0 Å². The molecule has 1 amide bonds. The molecule has 2 aliphatic rings. The van der Waals surface area contributed by atoms with Crippen LogP contribution in [0.15, 0.2) is 0 Å². The minimum absolute atomic E-state index is 0.252. The zero-order valence-corrected chi connectivity index (χ0v) is 11.7. The average molecular weight is 254 g/mol. The maximum atomic E-state index is 12.7. The average Bonchev–Trinajstić information content (AvgIpc) is 2.67. The summed E-state index contributed by atoms with van der Waals surface area (Å²) in [6, 6.07) is 0. The SMILES string of the molecule is CC(C)(C(=O)N1CCCOCC1)C1CCCNC1. The second-order valence-corrected chi connectivity index (χ2v) is 6.02. The van der Waals surface area contributed by atoms with Gasteiger partial charge in [-0.3, -0.25) is 4.79 Å². The molecule has 2 saturated heterocycles. The normalized spacial score (nSPS) is 26.8. The molecule has 1 atom stereocenters. The number of rotatable bonds is 2. The van der Waals surface area contributed by atoms with Crippen LogP contribution >= 0.6 is 0 Å². The van der Waals surface area contributed by atoms with Crippen LogP contribution < -0.4 is 5.32 Å². The van der Waals surface area contributed by atoms with Gasteiger partial charge >= 0.3 is 0 Å². The van der Waals surface area contributed by atoms with Crippen LogP contribution in [0.25, 0.3) is 0 Å². The van der Waals surface area contributed by atoms with Gasteiger partial charge in [0, 0.05) is 25.1 Å². The molecule has 0 aliphatic carbocycles. The molecule has 104 valence electrons. The van der Waals surface area contributed by atoms with Gasteiger partial charge < -0.3 is 15.0 Å². The number of hydrogen-bond acceptors (Lipinski definition) is 3. The minimum Gasteiger partial charge on any atom is -0.380 e. The standard InChI is InChI=1S/C14H26N2O2/c1-14(2,12-5-3-6-15-11-12)13(17)16-7-4-9-18-10-8-16/h12,15H,3-11H2,1-2H3. The molecule has 1 N–H and O–H groups in total. The predicted octanol–water partition coefficient (Wildman–Crippen LogP) is 1.26. The Morgan fingerprint density at radius 3 is 2.83 bits per heavy atom. The molecule has 0 radical (unpaired) electrons. The van der Waals surface area contributed by atoms with Crippen molar-refractivity contribution in [3.8, 4) is 0 Å². The third-order valence-corrected chi connectivity index (χ3v) is 4.38. The monoisotopic (exact) mass is 254 g/mol. The van der Waals surface area contributed by atoms with Crippen molar-refractivity contribution in [3.63, 3.8) is 0 Å². The van der Waals surface area contributed by atoms with Crippen molar-refractivity contribution in [2.45, 2.75) is 33.1 Å². The van der Waals surface area contributed by atoms with Gasteiger partial charge in [0.05, 0.1) is 6.61 Å². The summed E-state index contributed by atoms with van der Waals surface area (Å²) in [4.78, 5) is 14.7.